The van der Waals surface area contributed by atoms with Crippen LogP contribution in [-0.2, 0) is 6.54 Å². The molecule has 0 fully saturated rings. The lowest BCUT2D eigenvalue weighted by Gasteiger charge is -2.08. The second-order valence-corrected chi connectivity index (χ2v) is 5.93. The van der Waals surface area contributed by atoms with Crippen LogP contribution < -0.4 is 10.1 Å². The molecular weight excluding hydrogens is 386 g/mol. The summed E-state index contributed by atoms with van der Waals surface area (Å²) >= 11 is 6.75. The van der Waals surface area contributed by atoms with Gasteiger partial charge in [0.2, 0.25) is 0 Å². The van der Waals surface area contributed by atoms with Gasteiger partial charge in [-0.25, -0.2) is 0 Å². The van der Waals surface area contributed by atoms with Crippen molar-refractivity contribution in [2.24, 2.45) is 0 Å². The predicted octanol–water partition coefficient (Wildman–Crippen LogP) is 4.15. The number of benzene rings is 2. The predicted molar refractivity (Wildman–Crippen MR) is 86.0 cm³/mol. The Hall–Kier alpha value is -1.33. The molecule has 0 radical (unpaired) electrons. The molecule has 0 heterocycles. The average Bonchev–Trinajstić information content (AvgIpc) is 2.45. The van der Waals surface area contributed by atoms with E-state index in [2.05, 4.69) is 37.2 Å². The van der Waals surface area contributed by atoms with Gasteiger partial charge in [0, 0.05) is 15.5 Å². The maximum atomic E-state index is 12.1. The molecule has 0 spiro atoms. The Bertz CT molecular complexity index is 629. The molecule has 104 valence electrons. The number of ether oxygens (including phenoxy) is 1. The molecule has 0 aliphatic carbocycles. The first kappa shape index (κ1) is 15.1. The highest BCUT2D eigenvalue weighted by Crippen LogP contribution is 2.22. The summed E-state index contributed by atoms with van der Waals surface area (Å²) in [7, 11) is 1.62. The third-order valence-electron chi connectivity index (χ3n) is 2.76. The van der Waals surface area contributed by atoms with Gasteiger partial charge < -0.3 is 10.1 Å². The summed E-state index contributed by atoms with van der Waals surface area (Å²) in [6.45, 7) is 0.457. The lowest BCUT2D eigenvalue weighted by molar-refractivity contribution is 0.0950. The van der Waals surface area contributed by atoms with Crippen LogP contribution in [0.5, 0.6) is 5.75 Å². The van der Waals surface area contributed by atoms with Gasteiger partial charge in [-0.2, -0.15) is 0 Å². The molecule has 0 aliphatic rings. The van der Waals surface area contributed by atoms with Crippen molar-refractivity contribution in [1.82, 2.24) is 5.32 Å². The quantitative estimate of drug-likeness (QED) is 0.839. The average molecular weight is 399 g/mol. The van der Waals surface area contributed by atoms with Gasteiger partial charge in [-0.15, -0.1) is 0 Å². The summed E-state index contributed by atoms with van der Waals surface area (Å²) in [5, 5.41) is 2.89. The third-order valence-corrected chi connectivity index (χ3v) is 3.91. The maximum Gasteiger partial charge on any atom is 0.252 e. The Morgan fingerprint density at radius 3 is 2.70 bits per heavy atom. The van der Waals surface area contributed by atoms with Gasteiger partial charge >= 0.3 is 0 Å². The Kier molecular flexibility index (Phi) is 5.20. The van der Waals surface area contributed by atoms with Crippen LogP contribution in [0.1, 0.15) is 15.9 Å². The molecule has 0 bridgehead atoms. The van der Waals surface area contributed by atoms with Crippen LogP contribution in [0.15, 0.2) is 51.4 Å². The van der Waals surface area contributed by atoms with Gasteiger partial charge in [0.05, 0.1) is 12.7 Å². The minimum Gasteiger partial charge on any atom is -0.497 e. The standard InChI is InChI=1S/C15H13Br2NO2/c1-20-12-4-2-3-10(7-12)9-18-15(19)13-6-5-11(16)8-14(13)17/h2-8H,9H2,1H3,(H,18,19). The molecule has 2 rings (SSSR count). The Labute approximate surface area is 134 Å². The Morgan fingerprint density at radius 2 is 2.00 bits per heavy atom. The fourth-order valence-electron chi connectivity index (χ4n) is 1.73. The molecule has 2 aromatic carbocycles. The SMILES string of the molecule is COc1cccc(CNC(=O)c2ccc(Br)cc2Br)c1. The van der Waals surface area contributed by atoms with Crippen LogP contribution in [-0.4, -0.2) is 13.0 Å². The van der Waals surface area contributed by atoms with Gasteiger partial charge in [0.1, 0.15) is 5.75 Å². The molecule has 0 aliphatic heterocycles. The van der Waals surface area contributed by atoms with E-state index in [0.29, 0.717) is 12.1 Å². The maximum absolute atomic E-state index is 12.1. The largest absolute Gasteiger partial charge is 0.497 e. The lowest BCUT2D eigenvalue weighted by Crippen LogP contribution is -2.23. The fraction of sp³-hybridized carbons (Fsp3) is 0.133. The molecule has 3 nitrogen and oxygen atoms in total. The molecule has 0 saturated carbocycles. The minimum absolute atomic E-state index is 0.118. The van der Waals surface area contributed by atoms with Crippen molar-refractivity contribution in [2.45, 2.75) is 6.54 Å². The van der Waals surface area contributed by atoms with Crippen molar-refractivity contribution in [2.75, 3.05) is 7.11 Å². The van der Waals surface area contributed by atoms with Crippen LogP contribution in [0.4, 0.5) is 0 Å². The van der Waals surface area contributed by atoms with Gasteiger partial charge in [0.15, 0.2) is 0 Å². The second-order valence-electron chi connectivity index (χ2n) is 4.16. The highest BCUT2D eigenvalue weighted by Gasteiger charge is 2.09. The number of rotatable bonds is 4. The molecule has 2 aromatic rings. The van der Waals surface area contributed by atoms with Gasteiger partial charge in [-0.3, -0.25) is 4.79 Å². The molecule has 1 amide bonds. The van der Waals surface area contributed by atoms with Crippen molar-refractivity contribution in [3.63, 3.8) is 0 Å². The van der Waals surface area contributed by atoms with Crippen LogP contribution in [0.2, 0.25) is 0 Å². The van der Waals surface area contributed by atoms with E-state index in [0.717, 1.165) is 20.3 Å². The first-order valence-electron chi connectivity index (χ1n) is 5.96. The zero-order valence-electron chi connectivity index (χ0n) is 10.8. The number of hydrogen-bond acceptors (Lipinski definition) is 2. The lowest BCUT2D eigenvalue weighted by atomic mass is 10.2. The van der Waals surface area contributed by atoms with E-state index < -0.39 is 0 Å². The minimum atomic E-state index is -0.118. The van der Waals surface area contributed by atoms with Crippen LogP contribution in [0, 0.1) is 0 Å². The summed E-state index contributed by atoms with van der Waals surface area (Å²) < 4.78 is 6.84. The van der Waals surface area contributed by atoms with Crippen molar-refractivity contribution >= 4 is 37.8 Å². The van der Waals surface area contributed by atoms with E-state index in [1.165, 1.54) is 0 Å². The fourth-order valence-corrected chi connectivity index (χ4v) is 2.96. The van der Waals surface area contributed by atoms with E-state index in [1.54, 1.807) is 13.2 Å². The number of halogens is 2. The summed E-state index contributed by atoms with van der Waals surface area (Å²) in [6.07, 6.45) is 0. The normalized spacial score (nSPS) is 10.2. The van der Waals surface area contributed by atoms with E-state index in [9.17, 15) is 4.79 Å². The molecule has 0 atom stereocenters. The topological polar surface area (TPSA) is 38.3 Å². The Morgan fingerprint density at radius 1 is 1.20 bits per heavy atom. The van der Waals surface area contributed by atoms with Gasteiger partial charge in [0.25, 0.3) is 5.91 Å². The zero-order chi connectivity index (χ0) is 14.5. The first-order valence-corrected chi connectivity index (χ1v) is 7.55. The Balaban J connectivity index is 2.04. The van der Waals surface area contributed by atoms with Gasteiger partial charge in [-0.1, -0.05) is 28.1 Å². The molecule has 5 heteroatoms. The number of carbonyl (C=O) groups excluding carboxylic acids is 1. The van der Waals surface area contributed by atoms with Crippen LogP contribution in [0.25, 0.3) is 0 Å². The molecular formula is C15H13Br2NO2. The number of amides is 1. The number of carbonyl (C=O) groups is 1. The summed E-state index contributed by atoms with van der Waals surface area (Å²) in [6, 6.07) is 13.1. The highest BCUT2D eigenvalue weighted by atomic mass is 79.9. The second kappa shape index (κ2) is 6.90. The van der Waals surface area contributed by atoms with Crippen molar-refractivity contribution in [3.05, 3.63) is 62.5 Å². The number of hydrogen-bond donors (Lipinski definition) is 1. The first-order chi connectivity index (χ1) is 9.60. The zero-order valence-corrected chi connectivity index (χ0v) is 14.0. The van der Waals surface area contributed by atoms with Crippen molar-refractivity contribution in [1.29, 1.82) is 0 Å². The highest BCUT2D eigenvalue weighted by molar-refractivity contribution is 9.11. The van der Waals surface area contributed by atoms with Crippen molar-refractivity contribution in [3.8, 4) is 5.75 Å². The monoisotopic (exact) mass is 397 g/mol. The smallest absolute Gasteiger partial charge is 0.252 e. The van der Waals surface area contributed by atoms with E-state index in [-0.39, 0.29) is 5.91 Å². The van der Waals surface area contributed by atoms with E-state index in [1.807, 2.05) is 36.4 Å². The van der Waals surface area contributed by atoms with Crippen LogP contribution >= 0.6 is 31.9 Å². The van der Waals surface area contributed by atoms with Gasteiger partial charge in [-0.05, 0) is 51.8 Å². The molecule has 1 N–H and O–H groups in total. The summed E-state index contributed by atoms with van der Waals surface area (Å²) in [5.74, 6) is 0.661. The third kappa shape index (κ3) is 3.84. The summed E-state index contributed by atoms with van der Waals surface area (Å²) in [4.78, 5) is 12.1. The molecule has 20 heavy (non-hydrogen) atoms. The van der Waals surface area contributed by atoms with Crippen LogP contribution in [0.3, 0.4) is 0 Å². The van der Waals surface area contributed by atoms with E-state index in [4.69, 9.17) is 4.74 Å². The molecule has 0 unspecified atom stereocenters. The van der Waals surface area contributed by atoms with Crippen molar-refractivity contribution < 1.29 is 9.53 Å². The van der Waals surface area contributed by atoms with E-state index >= 15 is 0 Å². The molecule has 0 aromatic heterocycles. The summed E-state index contributed by atoms with van der Waals surface area (Å²) in [5.41, 5.74) is 1.60. The number of methoxy groups -OCH3 is 1. The molecule has 0 saturated heterocycles. The number of nitrogens with one attached hydrogen (secondary N) is 1.